The van der Waals surface area contributed by atoms with E-state index in [1.165, 1.54) is 7.11 Å². The van der Waals surface area contributed by atoms with Crippen molar-refractivity contribution >= 4 is 17.8 Å². The molecule has 2 rings (SSSR count). The van der Waals surface area contributed by atoms with Crippen LogP contribution in [-0.2, 0) is 9.59 Å². The largest absolute Gasteiger partial charge is 0.497 e. The third-order valence-electron chi connectivity index (χ3n) is 4.55. The fourth-order valence-corrected chi connectivity index (χ4v) is 2.88. The van der Waals surface area contributed by atoms with Crippen LogP contribution < -0.4 is 15.6 Å². The Kier molecular flexibility index (Phi) is 5.80. The lowest BCUT2D eigenvalue weighted by Gasteiger charge is -2.29. The van der Waals surface area contributed by atoms with E-state index in [2.05, 4.69) is 10.9 Å². The molecular formula is C18H22N2O5. The highest BCUT2D eigenvalue weighted by Gasteiger charge is 2.37. The number of aliphatic carboxylic acids is 1. The third-order valence-corrected chi connectivity index (χ3v) is 4.55. The molecule has 1 aliphatic rings. The van der Waals surface area contributed by atoms with Gasteiger partial charge in [0.05, 0.1) is 18.9 Å². The third kappa shape index (κ3) is 4.37. The molecule has 25 heavy (non-hydrogen) atoms. The molecule has 2 amide bonds. The molecule has 0 spiro atoms. The fourth-order valence-electron chi connectivity index (χ4n) is 2.88. The SMILES string of the molecule is COc1cccc(C(=O)NNC(=O)[C@@H]2CC(C)=C(C)C[C@@H]2C(=O)O)c1. The van der Waals surface area contributed by atoms with Crippen LogP contribution >= 0.6 is 0 Å². The number of methoxy groups -OCH3 is 1. The second kappa shape index (κ2) is 7.83. The van der Waals surface area contributed by atoms with Crippen molar-refractivity contribution in [3.63, 3.8) is 0 Å². The molecule has 0 aliphatic heterocycles. The van der Waals surface area contributed by atoms with E-state index in [1.54, 1.807) is 24.3 Å². The normalized spacial score (nSPS) is 20.0. The Morgan fingerprint density at radius 2 is 1.72 bits per heavy atom. The summed E-state index contributed by atoms with van der Waals surface area (Å²) < 4.78 is 5.05. The van der Waals surface area contributed by atoms with Crippen LogP contribution in [0.25, 0.3) is 0 Å². The van der Waals surface area contributed by atoms with E-state index in [9.17, 15) is 19.5 Å². The summed E-state index contributed by atoms with van der Waals surface area (Å²) in [7, 11) is 1.49. The molecule has 0 saturated heterocycles. The Morgan fingerprint density at radius 1 is 1.08 bits per heavy atom. The highest BCUT2D eigenvalue weighted by molar-refractivity contribution is 5.96. The fraction of sp³-hybridized carbons (Fsp3) is 0.389. The van der Waals surface area contributed by atoms with Gasteiger partial charge in [-0.15, -0.1) is 0 Å². The van der Waals surface area contributed by atoms with Gasteiger partial charge in [-0.3, -0.25) is 25.2 Å². The number of hydrogen-bond donors (Lipinski definition) is 3. The topological polar surface area (TPSA) is 105 Å². The number of allylic oxidation sites excluding steroid dienone is 2. The van der Waals surface area contributed by atoms with Gasteiger partial charge in [0.1, 0.15) is 5.75 Å². The molecular weight excluding hydrogens is 324 g/mol. The van der Waals surface area contributed by atoms with Crippen LogP contribution in [0.15, 0.2) is 35.4 Å². The summed E-state index contributed by atoms with van der Waals surface area (Å²) in [6.07, 6.45) is 0.701. The first-order chi connectivity index (χ1) is 11.8. The van der Waals surface area contributed by atoms with Gasteiger partial charge in [-0.1, -0.05) is 17.2 Å². The average Bonchev–Trinajstić information content (AvgIpc) is 2.61. The monoisotopic (exact) mass is 346 g/mol. The first kappa shape index (κ1) is 18.5. The Morgan fingerprint density at radius 3 is 2.32 bits per heavy atom. The molecule has 1 aromatic rings. The van der Waals surface area contributed by atoms with E-state index < -0.39 is 29.6 Å². The lowest BCUT2D eigenvalue weighted by molar-refractivity contribution is -0.147. The number of ether oxygens (including phenoxy) is 1. The predicted octanol–water partition coefficient (Wildman–Crippen LogP) is 1.90. The molecule has 7 nitrogen and oxygen atoms in total. The number of benzene rings is 1. The first-order valence-electron chi connectivity index (χ1n) is 7.95. The summed E-state index contributed by atoms with van der Waals surface area (Å²) >= 11 is 0. The lowest BCUT2D eigenvalue weighted by atomic mass is 9.76. The lowest BCUT2D eigenvalue weighted by Crippen LogP contribution is -2.48. The molecule has 0 saturated carbocycles. The van der Waals surface area contributed by atoms with Gasteiger partial charge in [0.15, 0.2) is 0 Å². The van der Waals surface area contributed by atoms with E-state index in [4.69, 9.17) is 4.74 Å². The van der Waals surface area contributed by atoms with Gasteiger partial charge < -0.3 is 9.84 Å². The van der Waals surface area contributed by atoms with Gasteiger partial charge in [-0.2, -0.15) is 0 Å². The number of amides is 2. The molecule has 2 atom stereocenters. The molecule has 1 aliphatic carbocycles. The number of carbonyl (C=O) groups excluding carboxylic acids is 2. The minimum Gasteiger partial charge on any atom is -0.497 e. The number of hydrazine groups is 1. The van der Waals surface area contributed by atoms with Crippen LogP contribution in [0.5, 0.6) is 5.75 Å². The van der Waals surface area contributed by atoms with Gasteiger partial charge in [0.25, 0.3) is 5.91 Å². The summed E-state index contributed by atoms with van der Waals surface area (Å²) in [6.45, 7) is 3.77. The van der Waals surface area contributed by atoms with Gasteiger partial charge >= 0.3 is 5.97 Å². The molecule has 0 fully saturated rings. The molecule has 1 aromatic carbocycles. The zero-order valence-electron chi connectivity index (χ0n) is 14.5. The van der Waals surface area contributed by atoms with E-state index in [-0.39, 0.29) is 0 Å². The zero-order valence-corrected chi connectivity index (χ0v) is 14.5. The summed E-state index contributed by atoms with van der Waals surface area (Å²) in [5.41, 5.74) is 7.01. The summed E-state index contributed by atoms with van der Waals surface area (Å²) in [5.74, 6) is -3.00. The standard InChI is InChI=1S/C18H22N2O5/c1-10-7-14(15(18(23)24)8-11(10)2)17(22)20-19-16(21)12-5-4-6-13(9-12)25-3/h4-6,9,14-15H,7-8H2,1-3H3,(H,19,21)(H,20,22)(H,23,24)/t14-,15+/m1/s1. The second-order valence-corrected chi connectivity index (χ2v) is 6.20. The van der Waals surface area contributed by atoms with Crippen molar-refractivity contribution in [1.82, 2.24) is 10.9 Å². The molecule has 3 N–H and O–H groups in total. The van der Waals surface area contributed by atoms with E-state index in [0.717, 1.165) is 11.1 Å². The minimum atomic E-state index is -1.01. The van der Waals surface area contributed by atoms with E-state index >= 15 is 0 Å². The number of rotatable bonds is 4. The van der Waals surface area contributed by atoms with Crippen LogP contribution in [-0.4, -0.2) is 30.0 Å². The van der Waals surface area contributed by atoms with Gasteiger partial charge in [0, 0.05) is 5.56 Å². The maximum Gasteiger partial charge on any atom is 0.307 e. The number of carbonyl (C=O) groups is 3. The smallest absolute Gasteiger partial charge is 0.307 e. The maximum absolute atomic E-state index is 12.4. The van der Waals surface area contributed by atoms with Crippen LogP contribution in [0, 0.1) is 11.8 Å². The van der Waals surface area contributed by atoms with Crippen LogP contribution in [0.4, 0.5) is 0 Å². The molecule has 0 unspecified atom stereocenters. The van der Waals surface area contributed by atoms with Crippen LogP contribution in [0.3, 0.4) is 0 Å². The summed E-state index contributed by atoms with van der Waals surface area (Å²) in [6, 6.07) is 6.49. The van der Waals surface area contributed by atoms with Crippen molar-refractivity contribution in [2.45, 2.75) is 26.7 Å². The minimum absolute atomic E-state index is 0.324. The van der Waals surface area contributed by atoms with Crippen LogP contribution in [0.1, 0.15) is 37.0 Å². The Labute approximate surface area is 146 Å². The summed E-state index contributed by atoms with van der Waals surface area (Å²) in [5, 5.41) is 9.37. The van der Waals surface area contributed by atoms with E-state index in [0.29, 0.717) is 24.2 Å². The predicted molar refractivity (Wildman–Crippen MR) is 90.8 cm³/mol. The number of carboxylic acid groups (broad SMARTS) is 1. The van der Waals surface area contributed by atoms with Gasteiger partial charge in [-0.05, 0) is 44.9 Å². The van der Waals surface area contributed by atoms with E-state index in [1.807, 2.05) is 13.8 Å². The first-order valence-corrected chi connectivity index (χ1v) is 7.95. The highest BCUT2D eigenvalue weighted by Crippen LogP contribution is 2.34. The quantitative estimate of drug-likeness (QED) is 0.570. The zero-order chi connectivity index (χ0) is 18.6. The molecule has 0 aromatic heterocycles. The Bertz CT molecular complexity index is 726. The number of nitrogens with one attached hydrogen (secondary N) is 2. The van der Waals surface area contributed by atoms with Crippen molar-refractivity contribution in [3.8, 4) is 5.75 Å². The number of hydrogen-bond acceptors (Lipinski definition) is 4. The maximum atomic E-state index is 12.4. The molecule has 0 heterocycles. The van der Waals surface area contributed by atoms with Gasteiger partial charge in [-0.25, -0.2) is 0 Å². The highest BCUT2D eigenvalue weighted by atomic mass is 16.5. The van der Waals surface area contributed by atoms with Crippen LogP contribution in [0.2, 0.25) is 0 Å². The molecule has 0 radical (unpaired) electrons. The van der Waals surface area contributed by atoms with Crippen molar-refractivity contribution < 1.29 is 24.2 Å². The second-order valence-electron chi connectivity index (χ2n) is 6.20. The average molecular weight is 346 g/mol. The molecule has 0 bridgehead atoms. The van der Waals surface area contributed by atoms with Gasteiger partial charge in [0.2, 0.25) is 5.91 Å². The summed E-state index contributed by atoms with van der Waals surface area (Å²) in [4.78, 5) is 36.0. The Hall–Kier alpha value is -2.83. The Balaban J connectivity index is 2.03. The van der Waals surface area contributed by atoms with Crippen molar-refractivity contribution in [2.24, 2.45) is 11.8 Å². The molecule has 134 valence electrons. The van der Waals surface area contributed by atoms with Crippen molar-refractivity contribution in [2.75, 3.05) is 7.11 Å². The number of carboxylic acids is 1. The van der Waals surface area contributed by atoms with Crippen molar-refractivity contribution in [3.05, 3.63) is 41.0 Å². The van der Waals surface area contributed by atoms with Crippen molar-refractivity contribution in [1.29, 1.82) is 0 Å². The molecule has 7 heteroatoms.